The highest BCUT2D eigenvalue weighted by Gasteiger charge is 2.27. The average Bonchev–Trinajstić information content (AvgIpc) is 2.83. The summed E-state index contributed by atoms with van der Waals surface area (Å²) in [5.74, 6) is 1.76. The Morgan fingerprint density at radius 1 is 1.47 bits per heavy atom. The zero-order valence-electron chi connectivity index (χ0n) is 11.1. The fourth-order valence-electron chi connectivity index (χ4n) is 3.09. The molecule has 1 nitrogen and oxygen atoms in total. The Morgan fingerprint density at radius 2 is 2.35 bits per heavy atom. The molecule has 0 radical (unpaired) electrons. The smallest absolute Gasteiger partial charge is 0.0357 e. The second-order valence-electron chi connectivity index (χ2n) is 5.52. The van der Waals surface area contributed by atoms with Gasteiger partial charge in [0.25, 0.3) is 0 Å². The molecule has 3 atom stereocenters. The van der Waals surface area contributed by atoms with Crippen LogP contribution in [-0.4, -0.2) is 6.54 Å². The van der Waals surface area contributed by atoms with Crippen LogP contribution in [0.5, 0.6) is 0 Å². The van der Waals surface area contributed by atoms with Gasteiger partial charge in [-0.05, 0) is 60.0 Å². The second kappa shape index (κ2) is 6.55. The first-order chi connectivity index (χ1) is 8.31. The Morgan fingerprint density at radius 3 is 3.00 bits per heavy atom. The number of rotatable bonds is 5. The van der Waals surface area contributed by atoms with Crippen LogP contribution in [0.15, 0.2) is 16.8 Å². The summed E-state index contributed by atoms with van der Waals surface area (Å²) in [7, 11) is 0. The van der Waals surface area contributed by atoms with E-state index in [-0.39, 0.29) is 0 Å². The van der Waals surface area contributed by atoms with E-state index in [4.69, 9.17) is 0 Å². The minimum absolute atomic E-state index is 0.601. The Hall–Kier alpha value is -0.340. The molecule has 3 unspecified atom stereocenters. The molecule has 2 rings (SSSR count). The lowest BCUT2D eigenvalue weighted by atomic mass is 9.77. The van der Waals surface area contributed by atoms with Crippen molar-refractivity contribution >= 4 is 11.3 Å². The lowest BCUT2D eigenvalue weighted by Crippen LogP contribution is -2.31. The van der Waals surface area contributed by atoms with Gasteiger partial charge < -0.3 is 5.32 Å². The third-order valence-corrected chi connectivity index (χ3v) is 4.67. The van der Waals surface area contributed by atoms with Gasteiger partial charge in [-0.2, -0.15) is 11.3 Å². The topological polar surface area (TPSA) is 12.0 Å². The van der Waals surface area contributed by atoms with Gasteiger partial charge in [-0.1, -0.05) is 26.7 Å². The summed E-state index contributed by atoms with van der Waals surface area (Å²) in [6.07, 6.45) is 6.88. The molecule has 1 fully saturated rings. The van der Waals surface area contributed by atoms with Crippen LogP contribution in [0.4, 0.5) is 0 Å². The molecule has 96 valence electrons. The van der Waals surface area contributed by atoms with Crippen molar-refractivity contribution in [2.24, 2.45) is 11.8 Å². The van der Waals surface area contributed by atoms with Crippen molar-refractivity contribution in [3.63, 3.8) is 0 Å². The van der Waals surface area contributed by atoms with Gasteiger partial charge in [0.15, 0.2) is 0 Å². The van der Waals surface area contributed by atoms with Crippen molar-refractivity contribution in [3.8, 4) is 0 Å². The molecule has 1 aliphatic carbocycles. The molecule has 1 aliphatic rings. The molecule has 0 spiro atoms. The maximum Gasteiger partial charge on any atom is 0.0357 e. The lowest BCUT2D eigenvalue weighted by molar-refractivity contribution is 0.224. The molecule has 0 aromatic carbocycles. The molecule has 0 bridgehead atoms. The van der Waals surface area contributed by atoms with Gasteiger partial charge in [0.05, 0.1) is 0 Å². The van der Waals surface area contributed by atoms with Gasteiger partial charge in [-0.25, -0.2) is 0 Å². The van der Waals surface area contributed by atoms with Gasteiger partial charge in [-0.3, -0.25) is 0 Å². The monoisotopic (exact) mass is 251 g/mol. The van der Waals surface area contributed by atoms with Crippen molar-refractivity contribution < 1.29 is 0 Å². The van der Waals surface area contributed by atoms with E-state index in [1.165, 1.54) is 37.7 Å². The van der Waals surface area contributed by atoms with Crippen molar-refractivity contribution in [3.05, 3.63) is 22.4 Å². The first kappa shape index (κ1) is 13.1. The fraction of sp³-hybridized carbons (Fsp3) is 0.733. The number of thiophene rings is 1. The van der Waals surface area contributed by atoms with Crippen LogP contribution >= 0.6 is 11.3 Å². The summed E-state index contributed by atoms with van der Waals surface area (Å²) in [5, 5.41) is 8.31. The maximum absolute atomic E-state index is 3.77. The van der Waals surface area contributed by atoms with E-state index >= 15 is 0 Å². The molecular formula is C15H25NS. The molecule has 1 N–H and O–H groups in total. The van der Waals surface area contributed by atoms with Crippen LogP contribution in [0.25, 0.3) is 0 Å². The van der Waals surface area contributed by atoms with Crippen molar-refractivity contribution in [1.29, 1.82) is 0 Å². The van der Waals surface area contributed by atoms with E-state index < -0.39 is 0 Å². The van der Waals surface area contributed by atoms with E-state index in [0.717, 1.165) is 18.4 Å². The Balaban J connectivity index is 2.03. The van der Waals surface area contributed by atoms with Gasteiger partial charge in [-0.15, -0.1) is 0 Å². The number of hydrogen-bond acceptors (Lipinski definition) is 2. The highest BCUT2D eigenvalue weighted by Crippen LogP contribution is 2.37. The second-order valence-corrected chi connectivity index (χ2v) is 6.30. The quantitative estimate of drug-likeness (QED) is 0.805. The minimum Gasteiger partial charge on any atom is -0.310 e. The summed E-state index contributed by atoms with van der Waals surface area (Å²) >= 11 is 1.83. The summed E-state index contributed by atoms with van der Waals surface area (Å²) in [4.78, 5) is 0. The summed E-state index contributed by atoms with van der Waals surface area (Å²) < 4.78 is 0. The van der Waals surface area contributed by atoms with Crippen LogP contribution < -0.4 is 5.32 Å². The van der Waals surface area contributed by atoms with Gasteiger partial charge in [0.1, 0.15) is 0 Å². The van der Waals surface area contributed by atoms with E-state index in [0.29, 0.717) is 6.04 Å². The molecule has 1 aromatic rings. The molecule has 17 heavy (non-hydrogen) atoms. The summed E-state index contributed by atoms with van der Waals surface area (Å²) in [6.45, 7) is 5.81. The molecule has 1 saturated carbocycles. The first-order valence-electron chi connectivity index (χ1n) is 7.06. The molecule has 2 heteroatoms. The van der Waals surface area contributed by atoms with Crippen LogP contribution in [0.1, 0.15) is 57.6 Å². The minimum atomic E-state index is 0.601. The lowest BCUT2D eigenvalue weighted by Gasteiger charge is -2.33. The molecule has 0 aliphatic heterocycles. The third-order valence-electron chi connectivity index (χ3n) is 3.96. The van der Waals surface area contributed by atoms with Gasteiger partial charge in [0.2, 0.25) is 0 Å². The third kappa shape index (κ3) is 3.56. The van der Waals surface area contributed by atoms with E-state index in [1.54, 1.807) is 0 Å². The van der Waals surface area contributed by atoms with E-state index in [9.17, 15) is 0 Å². The van der Waals surface area contributed by atoms with Crippen molar-refractivity contribution in [2.45, 2.75) is 52.0 Å². The van der Waals surface area contributed by atoms with Gasteiger partial charge >= 0.3 is 0 Å². The molecule has 1 heterocycles. The van der Waals surface area contributed by atoms with Crippen LogP contribution in [-0.2, 0) is 0 Å². The molecule has 0 saturated heterocycles. The predicted octanol–water partition coefficient (Wildman–Crippen LogP) is 4.62. The SMILES string of the molecule is CCCNC(c1ccsc1)C1CCCC(C)C1. The molecular weight excluding hydrogens is 226 g/mol. The van der Waals surface area contributed by atoms with Crippen LogP contribution in [0, 0.1) is 11.8 Å². The van der Waals surface area contributed by atoms with Gasteiger partial charge in [0, 0.05) is 6.04 Å². The van der Waals surface area contributed by atoms with Crippen LogP contribution in [0.2, 0.25) is 0 Å². The van der Waals surface area contributed by atoms with Crippen LogP contribution in [0.3, 0.4) is 0 Å². The zero-order valence-corrected chi connectivity index (χ0v) is 11.9. The van der Waals surface area contributed by atoms with E-state index in [1.807, 2.05) is 11.3 Å². The fourth-order valence-corrected chi connectivity index (χ4v) is 3.79. The zero-order chi connectivity index (χ0) is 12.1. The largest absolute Gasteiger partial charge is 0.310 e. The maximum atomic E-state index is 3.77. The van der Waals surface area contributed by atoms with E-state index in [2.05, 4.69) is 36.0 Å². The number of nitrogens with one attached hydrogen (secondary N) is 1. The van der Waals surface area contributed by atoms with Crippen molar-refractivity contribution in [1.82, 2.24) is 5.32 Å². The molecule has 1 aromatic heterocycles. The number of hydrogen-bond donors (Lipinski definition) is 1. The highest BCUT2D eigenvalue weighted by atomic mass is 32.1. The Labute approximate surface area is 110 Å². The first-order valence-corrected chi connectivity index (χ1v) is 8.01. The predicted molar refractivity (Wildman–Crippen MR) is 76.5 cm³/mol. The van der Waals surface area contributed by atoms with Crippen molar-refractivity contribution in [2.75, 3.05) is 6.54 Å². The Kier molecular flexibility index (Phi) is 5.05. The molecule has 0 amide bonds. The summed E-state index contributed by atoms with van der Waals surface area (Å²) in [5.41, 5.74) is 1.52. The normalized spacial score (nSPS) is 26.9. The average molecular weight is 251 g/mol. The Bertz CT molecular complexity index is 307. The highest BCUT2D eigenvalue weighted by molar-refractivity contribution is 7.07. The summed E-state index contributed by atoms with van der Waals surface area (Å²) in [6, 6.07) is 2.90. The standard InChI is InChI=1S/C15H25NS/c1-3-8-16-15(14-7-9-17-11-14)13-6-4-5-12(2)10-13/h7,9,11-13,15-16H,3-6,8,10H2,1-2H3.